The second-order valence-electron chi connectivity index (χ2n) is 4.76. The molecule has 0 aliphatic heterocycles. The molecule has 1 aromatic carbocycles. The summed E-state index contributed by atoms with van der Waals surface area (Å²) in [4.78, 5) is 11.7. The molecule has 1 rings (SSSR count). The van der Waals surface area contributed by atoms with Crippen molar-refractivity contribution < 1.29 is 9.53 Å². The van der Waals surface area contributed by atoms with Crippen LogP contribution < -0.4 is 0 Å². The first kappa shape index (κ1) is 13.5. The molecule has 2 nitrogen and oxygen atoms in total. The molecule has 0 radical (unpaired) electrons. The Labute approximate surface area is 103 Å². The van der Waals surface area contributed by atoms with Gasteiger partial charge in [-0.05, 0) is 30.9 Å². The van der Waals surface area contributed by atoms with Crippen LogP contribution in [0, 0.1) is 0 Å². The lowest BCUT2D eigenvalue weighted by Gasteiger charge is -2.22. The van der Waals surface area contributed by atoms with E-state index in [4.69, 9.17) is 4.74 Å². The predicted octanol–water partition coefficient (Wildman–Crippen LogP) is 3.43. The van der Waals surface area contributed by atoms with Crippen LogP contribution in [0.5, 0.6) is 0 Å². The fraction of sp³-hybridized carbons (Fsp3) is 0.400. The van der Waals surface area contributed by atoms with Crippen molar-refractivity contribution in [1.29, 1.82) is 0 Å². The molecule has 0 bridgehead atoms. The Kier molecular flexibility index (Phi) is 4.11. The molecule has 1 unspecified atom stereocenters. The van der Waals surface area contributed by atoms with Crippen LogP contribution in [0.2, 0.25) is 0 Å². The highest BCUT2D eigenvalue weighted by molar-refractivity contribution is 5.82. The summed E-state index contributed by atoms with van der Waals surface area (Å²) in [5.74, 6) is 0.104. The largest absolute Gasteiger partial charge is 0.468 e. The molecule has 17 heavy (non-hydrogen) atoms. The molecule has 1 aromatic rings. The smallest absolute Gasteiger partial charge is 0.315 e. The number of methoxy groups -OCH3 is 1. The zero-order valence-corrected chi connectivity index (χ0v) is 11.0. The first-order valence-corrected chi connectivity index (χ1v) is 5.75. The molecule has 92 valence electrons. The third-order valence-corrected chi connectivity index (χ3v) is 3.21. The average molecular weight is 232 g/mol. The lowest BCUT2D eigenvalue weighted by atomic mass is 9.83. The standard InChI is InChI=1S/C15H20O2/c1-6-11(2)12-7-9-13(10-8-12)15(3,4)14(16)17-5/h6-11H,1H2,2-5H3. The Bertz CT molecular complexity index is 401. The van der Waals surface area contributed by atoms with Crippen LogP contribution in [0.15, 0.2) is 36.9 Å². The SMILES string of the molecule is C=CC(C)c1ccc(C(C)(C)C(=O)OC)cc1. The summed E-state index contributed by atoms with van der Waals surface area (Å²) in [6.45, 7) is 9.60. The first-order valence-electron chi connectivity index (χ1n) is 5.75. The van der Waals surface area contributed by atoms with Crippen molar-refractivity contribution in [1.82, 2.24) is 0 Å². The zero-order chi connectivity index (χ0) is 13.1. The number of hydrogen-bond donors (Lipinski definition) is 0. The molecule has 0 fully saturated rings. The topological polar surface area (TPSA) is 26.3 Å². The molecule has 0 saturated heterocycles. The van der Waals surface area contributed by atoms with E-state index < -0.39 is 5.41 Å². The lowest BCUT2D eigenvalue weighted by molar-refractivity contribution is -0.146. The second-order valence-corrected chi connectivity index (χ2v) is 4.76. The van der Waals surface area contributed by atoms with Crippen molar-refractivity contribution in [2.75, 3.05) is 7.11 Å². The normalized spacial score (nSPS) is 12.9. The maximum atomic E-state index is 11.7. The van der Waals surface area contributed by atoms with Crippen LogP contribution in [-0.4, -0.2) is 13.1 Å². The second kappa shape index (κ2) is 5.17. The number of ether oxygens (including phenoxy) is 1. The van der Waals surface area contributed by atoms with Gasteiger partial charge in [0.25, 0.3) is 0 Å². The molecule has 0 amide bonds. The van der Waals surface area contributed by atoms with E-state index in [0.29, 0.717) is 5.92 Å². The highest BCUT2D eigenvalue weighted by Gasteiger charge is 2.30. The van der Waals surface area contributed by atoms with Crippen LogP contribution in [0.3, 0.4) is 0 Å². The molecule has 0 spiro atoms. The van der Waals surface area contributed by atoms with Gasteiger partial charge in [0.2, 0.25) is 0 Å². The number of hydrogen-bond acceptors (Lipinski definition) is 2. The minimum Gasteiger partial charge on any atom is -0.468 e. The van der Waals surface area contributed by atoms with E-state index in [9.17, 15) is 4.79 Å². The highest BCUT2D eigenvalue weighted by atomic mass is 16.5. The molecule has 0 heterocycles. The molecular formula is C15H20O2. The highest BCUT2D eigenvalue weighted by Crippen LogP contribution is 2.26. The van der Waals surface area contributed by atoms with Crippen molar-refractivity contribution in [3.63, 3.8) is 0 Å². The van der Waals surface area contributed by atoms with Crippen LogP contribution in [-0.2, 0) is 14.9 Å². The Morgan fingerprint density at radius 3 is 2.29 bits per heavy atom. The number of carbonyl (C=O) groups is 1. The van der Waals surface area contributed by atoms with Gasteiger partial charge in [-0.1, -0.05) is 37.3 Å². The number of benzene rings is 1. The van der Waals surface area contributed by atoms with Crippen LogP contribution >= 0.6 is 0 Å². The zero-order valence-electron chi connectivity index (χ0n) is 11.0. The summed E-state index contributed by atoms with van der Waals surface area (Å²) in [6, 6.07) is 8.03. The number of rotatable bonds is 4. The van der Waals surface area contributed by atoms with Gasteiger partial charge in [-0.15, -0.1) is 6.58 Å². The van der Waals surface area contributed by atoms with Crippen molar-refractivity contribution in [3.05, 3.63) is 48.0 Å². The van der Waals surface area contributed by atoms with E-state index in [1.54, 1.807) is 0 Å². The van der Waals surface area contributed by atoms with E-state index in [0.717, 1.165) is 5.56 Å². The molecule has 0 saturated carbocycles. The van der Waals surface area contributed by atoms with Crippen molar-refractivity contribution in [3.8, 4) is 0 Å². The van der Waals surface area contributed by atoms with E-state index in [-0.39, 0.29) is 5.97 Å². The summed E-state index contributed by atoms with van der Waals surface area (Å²) < 4.78 is 4.81. The van der Waals surface area contributed by atoms with Gasteiger partial charge in [0, 0.05) is 0 Å². The summed E-state index contributed by atoms with van der Waals surface area (Å²) in [5, 5.41) is 0. The Morgan fingerprint density at radius 1 is 1.35 bits per heavy atom. The minimum atomic E-state index is -0.606. The summed E-state index contributed by atoms with van der Waals surface area (Å²) in [6.07, 6.45) is 1.90. The van der Waals surface area contributed by atoms with Crippen molar-refractivity contribution >= 4 is 5.97 Å². The number of esters is 1. The van der Waals surface area contributed by atoms with E-state index in [1.807, 2.05) is 44.2 Å². The Balaban J connectivity index is 3.02. The van der Waals surface area contributed by atoms with Gasteiger partial charge in [0.05, 0.1) is 12.5 Å². The third-order valence-electron chi connectivity index (χ3n) is 3.21. The first-order chi connectivity index (χ1) is 7.93. The fourth-order valence-electron chi connectivity index (χ4n) is 1.71. The predicted molar refractivity (Wildman–Crippen MR) is 70.1 cm³/mol. The molecule has 0 aliphatic carbocycles. The number of carbonyl (C=O) groups excluding carboxylic acids is 1. The number of allylic oxidation sites excluding steroid dienone is 1. The Morgan fingerprint density at radius 2 is 1.88 bits per heavy atom. The Hall–Kier alpha value is -1.57. The summed E-state index contributed by atoms with van der Waals surface area (Å²) in [5.41, 5.74) is 1.55. The van der Waals surface area contributed by atoms with Gasteiger partial charge >= 0.3 is 5.97 Å². The van der Waals surface area contributed by atoms with Gasteiger partial charge in [0.15, 0.2) is 0 Å². The van der Waals surface area contributed by atoms with Gasteiger partial charge in [-0.3, -0.25) is 4.79 Å². The minimum absolute atomic E-state index is 0.220. The van der Waals surface area contributed by atoms with Gasteiger partial charge in [0.1, 0.15) is 0 Å². The van der Waals surface area contributed by atoms with Crippen LogP contribution in [0.1, 0.15) is 37.8 Å². The third kappa shape index (κ3) is 2.76. The van der Waals surface area contributed by atoms with E-state index in [2.05, 4.69) is 13.5 Å². The average Bonchev–Trinajstić information content (AvgIpc) is 2.36. The maximum absolute atomic E-state index is 11.7. The maximum Gasteiger partial charge on any atom is 0.315 e. The summed E-state index contributed by atoms with van der Waals surface area (Å²) in [7, 11) is 1.41. The monoisotopic (exact) mass is 232 g/mol. The van der Waals surface area contributed by atoms with Crippen LogP contribution in [0.25, 0.3) is 0 Å². The van der Waals surface area contributed by atoms with Crippen molar-refractivity contribution in [2.45, 2.75) is 32.1 Å². The van der Waals surface area contributed by atoms with Crippen molar-refractivity contribution in [2.24, 2.45) is 0 Å². The molecular weight excluding hydrogens is 212 g/mol. The molecule has 0 aliphatic rings. The molecule has 2 heteroatoms. The van der Waals surface area contributed by atoms with Gasteiger partial charge < -0.3 is 4.74 Å². The summed E-state index contributed by atoms with van der Waals surface area (Å²) >= 11 is 0. The quantitative estimate of drug-likeness (QED) is 0.587. The fourth-order valence-corrected chi connectivity index (χ4v) is 1.71. The molecule has 0 aromatic heterocycles. The van der Waals surface area contributed by atoms with Crippen LogP contribution in [0.4, 0.5) is 0 Å². The van der Waals surface area contributed by atoms with Gasteiger partial charge in [-0.2, -0.15) is 0 Å². The van der Waals surface area contributed by atoms with E-state index in [1.165, 1.54) is 12.7 Å². The molecule has 1 atom stereocenters. The lowest BCUT2D eigenvalue weighted by Crippen LogP contribution is -2.30. The van der Waals surface area contributed by atoms with E-state index >= 15 is 0 Å². The van der Waals surface area contributed by atoms with Gasteiger partial charge in [-0.25, -0.2) is 0 Å². The molecule has 0 N–H and O–H groups in total.